The van der Waals surface area contributed by atoms with Gasteiger partial charge in [0.05, 0.1) is 5.54 Å². The third kappa shape index (κ3) is 4.84. The molecule has 3 nitrogen and oxygen atoms in total. The largest absolute Gasteiger partial charge is 0.337 e. The molecule has 0 aliphatic carbocycles. The topological polar surface area (TPSA) is 46.3 Å². The lowest BCUT2D eigenvalue weighted by Crippen LogP contribution is -2.51. The Hall–Kier alpha value is -1.06. The van der Waals surface area contributed by atoms with E-state index in [1.54, 1.807) is 18.7 Å². The second-order valence-electron chi connectivity index (χ2n) is 5.39. The number of benzene rings is 1. The van der Waals surface area contributed by atoms with E-state index in [2.05, 4.69) is 6.92 Å². The van der Waals surface area contributed by atoms with E-state index in [0.29, 0.717) is 18.1 Å². The number of nitrogens with zero attached hydrogens (tertiary/aromatic N) is 1. The molecule has 0 atom stereocenters. The average molecular weight is 283 g/mol. The first-order valence-corrected chi connectivity index (χ1v) is 7.05. The van der Waals surface area contributed by atoms with Gasteiger partial charge in [0.1, 0.15) is 0 Å². The molecule has 0 radical (unpaired) electrons. The van der Waals surface area contributed by atoms with Gasteiger partial charge in [-0.25, -0.2) is 0 Å². The Morgan fingerprint density at radius 3 is 2.53 bits per heavy atom. The van der Waals surface area contributed by atoms with Gasteiger partial charge < -0.3 is 10.6 Å². The van der Waals surface area contributed by atoms with Crippen LogP contribution < -0.4 is 5.73 Å². The number of hydrogen-bond acceptors (Lipinski definition) is 2. The van der Waals surface area contributed by atoms with Crippen molar-refractivity contribution in [3.05, 3.63) is 34.9 Å². The highest BCUT2D eigenvalue weighted by molar-refractivity contribution is 6.31. The molecular weight excluding hydrogens is 260 g/mol. The number of rotatable bonds is 6. The van der Waals surface area contributed by atoms with Gasteiger partial charge in [-0.05, 0) is 31.9 Å². The first-order valence-electron chi connectivity index (χ1n) is 6.68. The number of carbonyl (C=O) groups excluding carboxylic acids is 1. The monoisotopic (exact) mass is 282 g/mol. The number of carbonyl (C=O) groups is 1. The summed E-state index contributed by atoms with van der Waals surface area (Å²) in [5.41, 5.74) is 6.02. The number of unbranched alkanes of at least 4 members (excludes halogenated alkanes) is 1. The van der Waals surface area contributed by atoms with E-state index in [0.717, 1.165) is 18.4 Å². The SMILES string of the molecule is CCCCN(Cc1ccccc1Cl)C(=O)C(C)(C)N. The van der Waals surface area contributed by atoms with Crippen molar-refractivity contribution in [1.82, 2.24) is 4.90 Å². The molecule has 0 aromatic heterocycles. The summed E-state index contributed by atoms with van der Waals surface area (Å²) in [5, 5.41) is 0.687. The van der Waals surface area contributed by atoms with E-state index in [4.69, 9.17) is 17.3 Å². The molecule has 4 heteroatoms. The lowest BCUT2D eigenvalue weighted by Gasteiger charge is -2.29. The quantitative estimate of drug-likeness (QED) is 0.871. The summed E-state index contributed by atoms with van der Waals surface area (Å²) in [7, 11) is 0. The van der Waals surface area contributed by atoms with E-state index in [-0.39, 0.29) is 5.91 Å². The molecule has 1 aromatic rings. The zero-order valence-corrected chi connectivity index (χ0v) is 12.7. The number of nitrogens with two attached hydrogens (primary N) is 1. The van der Waals surface area contributed by atoms with E-state index in [1.165, 1.54) is 0 Å². The molecule has 0 heterocycles. The van der Waals surface area contributed by atoms with Gasteiger partial charge in [-0.2, -0.15) is 0 Å². The van der Waals surface area contributed by atoms with E-state index in [9.17, 15) is 4.79 Å². The lowest BCUT2D eigenvalue weighted by molar-refractivity contribution is -0.136. The van der Waals surface area contributed by atoms with Crippen molar-refractivity contribution < 1.29 is 4.79 Å². The Morgan fingerprint density at radius 2 is 2.00 bits per heavy atom. The smallest absolute Gasteiger partial charge is 0.242 e. The van der Waals surface area contributed by atoms with Crippen LogP contribution >= 0.6 is 11.6 Å². The highest BCUT2D eigenvalue weighted by atomic mass is 35.5. The molecule has 0 bridgehead atoms. The zero-order chi connectivity index (χ0) is 14.5. The number of amides is 1. The molecule has 0 spiro atoms. The summed E-state index contributed by atoms with van der Waals surface area (Å²) in [6.07, 6.45) is 2.00. The van der Waals surface area contributed by atoms with Crippen LogP contribution in [0.4, 0.5) is 0 Å². The summed E-state index contributed by atoms with van der Waals surface area (Å²) in [6, 6.07) is 7.60. The van der Waals surface area contributed by atoms with Crippen molar-refractivity contribution in [2.45, 2.75) is 45.7 Å². The van der Waals surface area contributed by atoms with Gasteiger partial charge in [-0.1, -0.05) is 43.1 Å². The second-order valence-corrected chi connectivity index (χ2v) is 5.80. The molecule has 0 fully saturated rings. The van der Waals surface area contributed by atoms with Crippen molar-refractivity contribution >= 4 is 17.5 Å². The van der Waals surface area contributed by atoms with Gasteiger partial charge in [0, 0.05) is 18.1 Å². The maximum absolute atomic E-state index is 12.3. The van der Waals surface area contributed by atoms with E-state index in [1.807, 2.05) is 24.3 Å². The highest BCUT2D eigenvalue weighted by Crippen LogP contribution is 2.19. The van der Waals surface area contributed by atoms with Gasteiger partial charge in [-0.3, -0.25) is 4.79 Å². The fourth-order valence-electron chi connectivity index (χ4n) is 1.84. The molecule has 2 N–H and O–H groups in total. The Kier molecular flexibility index (Phi) is 5.83. The maximum Gasteiger partial charge on any atom is 0.242 e. The van der Waals surface area contributed by atoms with Crippen LogP contribution in [0.5, 0.6) is 0 Å². The van der Waals surface area contributed by atoms with E-state index < -0.39 is 5.54 Å². The first kappa shape index (κ1) is 16.0. The fraction of sp³-hybridized carbons (Fsp3) is 0.533. The predicted octanol–water partition coefficient (Wildman–Crippen LogP) is 3.21. The Balaban J connectivity index is 2.86. The summed E-state index contributed by atoms with van der Waals surface area (Å²) in [5.74, 6) is -0.0409. The summed E-state index contributed by atoms with van der Waals surface area (Å²) >= 11 is 6.15. The predicted molar refractivity (Wildman–Crippen MR) is 80.0 cm³/mol. The third-order valence-corrected chi connectivity index (χ3v) is 3.31. The van der Waals surface area contributed by atoms with Crippen LogP contribution in [0.3, 0.4) is 0 Å². The van der Waals surface area contributed by atoms with Crippen LogP contribution in [0.25, 0.3) is 0 Å². The van der Waals surface area contributed by atoms with Gasteiger partial charge >= 0.3 is 0 Å². The summed E-state index contributed by atoms with van der Waals surface area (Å²) in [6.45, 7) is 6.80. The van der Waals surface area contributed by atoms with Gasteiger partial charge in [0.2, 0.25) is 5.91 Å². The molecule has 0 saturated heterocycles. The third-order valence-electron chi connectivity index (χ3n) is 2.94. The number of halogens is 1. The fourth-order valence-corrected chi connectivity index (χ4v) is 2.04. The van der Waals surface area contributed by atoms with Crippen molar-refractivity contribution in [1.29, 1.82) is 0 Å². The molecular formula is C15H23ClN2O. The van der Waals surface area contributed by atoms with Gasteiger partial charge in [-0.15, -0.1) is 0 Å². The summed E-state index contributed by atoms with van der Waals surface area (Å²) < 4.78 is 0. The standard InChI is InChI=1S/C15H23ClN2O/c1-4-5-10-18(14(19)15(2,3)17)11-12-8-6-7-9-13(12)16/h6-9H,4-5,10-11,17H2,1-3H3. The van der Waals surface area contributed by atoms with Crippen molar-refractivity contribution in [3.63, 3.8) is 0 Å². The van der Waals surface area contributed by atoms with Crippen LogP contribution in [-0.2, 0) is 11.3 Å². The van der Waals surface area contributed by atoms with Crippen LogP contribution in [0.15, 0.2) is 24.3 Å². The van der Waals surface area contributed by atoms with Gasteiger partial charge in [0.15, 0.2) is 0 Å². The van der Waals surface area contributed by atoms with Crippen LogP contribution in [0.1, 0.15) is 39.2 Å². The van der Waals surface area contributed by atoms with E-state index >= 15 is 0 Å². The molecule has 0 saturated carbocycles. The summed E-state index contributed by atoms with van der Waals surface area (Å²) in [4.78, 5) is 14.1. The molecule has 0 aliphatic heterocycles. The Bertz CT molecular complexity index is 426. The minimum absolute atomic E-state index is 0.0409. The molecule has 0 unspecified atom stereocenters. The van der Waals surface area contributed by atoms with Crippen molar-refractivity contribution in [2.75, 3.05) is 6.54 Å². The lowest BCUT2D eigenvalue weighted by atomic mass is 10.0. The maximum atomic E-state index is 12.3. The van der Waals surface area contributed by atoms with Crippen molar-refractivity contribution in [2.24, 2.45) is 5.73 Å². The molecule has 1 rings (SSSR count). The van der Waals surface area contributed by atoms with Crippen LogP contribution in [-0.4, -0.2) is 22.9 Å². The molecule has 19 heavy (non-hydrogen) atoms. The minimum atomic E-state index is -0.852. The van der Waals surface area contributed by atoms with Crippen LogP contribution in [0.2, 0.25) is 5.02 Å². The van der Waals surface area contributed by atoms with Crippen molar-refractivity contribution in [3.8, 4) is 0 Å². The number of hydrogen-bond donors (Lipinski definition) is 1. The Morgan fingerprint density at radius 1 is 1.37 bits per heavy atom. The molecule has 1 aromatic carbocycles. The average Bonchev–Trinajstić information content (AvgIpc) is 2.34. The first-order chi connectivity index (χ1) is 8.86. The minimum Gasteiger partial charge on any atom is -0.337 e. The van der Waals surface area contributed by atoms with Crippen LogP contribution in [0, 0.1) is 0 Å². The second kappa shape index (κ2) is 6.92. The molecule has 1 amide bonds. The Labute approximate surface area is 120 Å². The highest BCUT2D eigenvalue weighted by Gasteiger charge is 2.27. The normalized spacial score (nSPS) is 11.4. The zero-order valence-electron chi connectivity index (χ0n) is 11.9. The molecule has 106 valence electrons. The molecule has 0 aliphatic rings. The van der Waals surface area contributed by atoms with Gasteiger partial charge in [0.25, 0.3) is 0 Å².